The molecular weight excluding hydrogens is 560 g/mol. The molecule has 4 heterocycles. The van der Waals surface area contributed by atoms with Crippen LogP contribution in [0, 0.1) is 23.2 Å². The van der Waals surface area contributed by atoms with Crippen molar-refractivity contribution in [1.29, 1.82) is 0 Å². The number of benzene rings is 2. The van der Waals surface area contributed by atoms with E-state index in [-0.39, 0.29) is 18.4 Å². The first-order valence-corrected chi connectivity index (χ1v) is 17.0. The highest BCUT2D eigenvalue weighted by molar-refractivity contribution is 5.99. The largest absolute Gasteiger partial charge is 0.488 e. The van der Waals surface area contributed by atoms with Crippen LogP contribution < -0.4 is 10.1 Å². The smallest absolute Gasteiger partial charge is 0.270 e. The molecule has 1 unspecified atom stereocenters. The van der Waals surface area contributed by atoms with E-state index in [0.717, 1.165) is 74.3 Å². The molecule has 2 saturated heterocycles. The van der Waals surface area contributed by atoms with Gasteiger partial charge in [-0.05, 0) is 98.7 Å². The number of hydrogen-bond donors (Lipinski definition) is 3. The van der Waals surface area contributed by atoms with Crippen LogP contribution in [-0.2, 0) is 6.61 Å². The van der Waals surface area contributed by atoms with Gasteiger partial charge in [0.05, 0.1) is 0 Å². The van der Waals surface area contributed by atoms with Crippen LogP contribution in [-0.4, -0.2) is 71.7 Å². The van der Waals surface area contributed by atoms with Gasteiger partial charge in [-0.25, -0.2) is 0 Å². The number of nitrogens with zero attached hydrogens (tertiary/aromatic N) is 2. The maximum absolute atomic E-state index is 13.6. The van der Waals surface area contributed by atoms with E-state index < -0.39 is 0 Å². The zero-order chi connectivity index (χ0) is 31.0. The third kappa shape index (κ3) is 5.93. The number of hydrogen-bond acceptors (Lipinski definition) is 5. The summed E-state index contributed by atoms with van der Waals surface area (Å²) in [6.45, 7) is 11.0. The summed E-state index contributed by atoms with van der Waals surface area (Å²) >= 11 is 0. The highest BCUT2D eigenvalue weighted by atomic mass is 16.5. The van der Waals surface area contributed by atoms with E-state index in [9.17, 15) is 9.90 Å². The molecule has 45 heavy (non-hydrogen) atoms. The summed E-state index contributed by atoms with van der Waals surface area (Å²) in [6, 6.07) is 18.0. The molecule has 3 aliphatic heterocycles. The number of carbonyl (C=O) groups excluding carboxylic acids is 1. The maximum atomic E-state index is 13.6. The van der Waals surface area contributed by atoms with Crippen LogP contribution in [0.1, 0.15) is 62.0 Å². The quantitative estimate of drug-likeness (QED) is 0.287. The van der Waals surface area contributed by atoms with E-state index in [1.165, 1.54) is 30.5 Å². The number of nitrogens with one attached hydrogen (secondary N) is 2. The molecule has 3 aromatic rings. The van der Waals surface area contributed by atoms with Crippen molar-refractivity contribution in [3.63, 3.8) is 0 Å². The molecule has 1 aliphatic carbocycles. The maximum Gasteiger partial charge on any atom is 0.270 e. The highest BCUT2D eigenvalue weighted by Gasteiger charge is 2.48. The number of rotatable bonds is 8. The molecule has 238 valence electrons. The van der Waals surface area contributed by atoms with Gasteiger partial charge < -0.3 is 29.9 Å². The summed E-state index contributed by atoms with van der Waals surface area (Å²) in [7, 11) is 0. The predicted octanol–water partition coefficient (Wildman–Crippen LogP) is 6.13. The third-order valence-corrected chi connectivity index (χ3v) is 11.3. The number of likely N-dealkylation sites (tertiary alicyclic amines) is 2. The molecule has 1 spiro atoms. The van der Waals surface area contributed by atoms with Gasteiger partial charge in [0.25, 0.3) is 5.91 Å². The Labute approximate surface area is 267 Å². The molecule has 4 aliphatic rings. The Morgan fingerprint density at radius 3 is 2.69 bits per heavy atom. The number of allylic oxidation sites excluding steroid dienone is 2. The first-order chi connectivity index (χ1) is 21.9. The van der Waals surface area contributed by atoms with Crippen molar-refractivity contribution in [2.75, 3.05) is 45.9 Å². The average molecular weight is 609 g/mol. The second kappa shape index (κ2) is 12.7. The van der Waals surface area contributed by atoms with Crippen LogP contribution in [0.25, 0.3) is 10.9 Å². The van der Waals surface area contributed by atoms with E-state index in [2.05, 4.69) is 47.3 Å². The Morgan fingerprint density at radius 1 is 1.09 bits per heavy atom. The van der Waals surface area contributed by atoms with Crippen LogP contribution in [0.5, 0.6) is 5.75 Å². The number of ether oxygens (including phenoxy) is 1. The van der Waals surface area contributed by atoms with E-state index >= 15 is 0 Å². The summed E-state index contributed by atoms with van der Waals surface area (Å²) in [4.78, 5) is 21.5. The molecule has 0 saturated carbocycles. The molecule has 7 nitrogen and oxygen atoms in total. The van der Waals surface area contributed by atoms with Gasteiger partial charge in [-0.2, -0.15) is 0 Å². The Morgan fingerprint density at radius 2 is 1.91 bits per heavy atom. The van der Waals surface area contributed by atoms with Crippen LogP contribution in [0.3, 0.4) is 0 Å². The van der Waals surface area contributed by atoms with Gasteiger partial charge in [0.2, 0.25) is 0 Å². The minimum Gasteiger partial charge on any atom is -0.488 e. The molecule has 7 heteroatoms. The van der Waals surface area contributed by atoms with Crippen LogP contribution in [0.4, 0.5) is 0 Å². The van der Waals surface area contributed by atoms with Crippen molar-refractivity contribution in [3.8, 4) is 5.75 Å². The molecule has 2 fully saturated rings. The summed E-state index contributed by atoms with van der Waals surface area (Å²) in [5.41, 5.74) is 7.48. The summed E-state index contributed by atoms with van der Waals surface area (Å²) in [6.07, 6.45) is 7.83. The topological polar surface area (TPSA) is 80.8 Å². The lowest BCUT2D eigenvalue weighted by Crippen LogP contribution is -2.51. The molecule has 2 aromatic carbocycles. The van der Waals surface area contributed by atoms with Gasteiger partial charge in [0, 0.05) is 61.3 Å². The van der Waals surface area contributed by atoms with E-state index in [0.29, 0.717) is 29.6 Å². The Balaban J connectivity index is 0.940. The lowest BCUT2D eigenvalue weighted by molar-refractivity contribution is 0.0309. The van der Waals surface area contributed by atoms with Crippen molar-refractivity contribution in [3.05, 3.63) is 88.8 Å². The minimum absolute atomic E-state index is 0.0426. The normalized spacial score (nSPS) is 24.9. The molecular formula is C38H48N4O3. The van der Waals surface area contributed by atoms with Crippen LogP contribution >= 0.6 is 0 Å². The Bertz CT molecular complexity index is 1580. The molecule has 3 atom stereocenters. The Hall–Kier alpha value is -3.55. The van der Waals surface area contributed by atoms with Gasteiger partial charge in [0.1, 0.15) is 18.1 Å². The average Bonchev–Trinajstić information content (AvgIpc) is 3.67. The van der Waals surface area contributed by atoms with Gasteiger partial charge in [-0.15, -0.1) is 0 Å². The number of aliphatic hydroxyl groups is 1. The van der Waals surface area contributed by atoms with Crippen molar-refractivity contribution in [1.82, 2.24) is 20.1 Å². The van der Waals surface area contributed by atoms with Crippen molar-refractivity contribution in [2.24, 2.45) is 23.2 Å². The highest BCUT2D eigenvalue weighted by Crippen LogP contribution is 2.50. The molecule has 1 aromatic heterocycles. The molecule has 0 bridgehead atoms. The molecule has 1 amide bonds. The standard InChI is InChI=1S/C38H48N4O3/c1-26-11-12-32-34(19-26)39-25-38(32)15-18-41(21-27(38)2)22-30(23-43)29-13-16-42(17-14-29)37(44)35-20-31-33(40-35)9-6-10-36(31)45-24-28-7-4-3-5-8-28/h3-10,19-20,27,29-30,39-40,43H,11-18,21-25H2,1-2H3/t27-,30?,38+/m1/s1. The summed E-state index contributed by atoms with van der Waals surface area (Å²) in [5.74, 6) is 2.09. The number of carbonyl (C=O) groups is 1. The molecule has 0 radical (unpaired) electrons. The van der Waals surface area contributed by atoms with Crippen molar-refractivity contribution in [2.45, 2.75) is 52.6 Å². The fourth-order valence-electron chi connectivity index (χ4n) is 8.57. The number of aromatic amines is 1. The van der Waals surface area contributed by atoms with E-state index in [4.69, 9.17) is 4.74 Å². The SMILES string of the molecule is CC1=CC2=C(CC1)[C@@]1(CCN(CC(CO)C3CCN(C(=O)c4cc5c(OCc6ccccc6)cccc5[nH]4)CC3)C[C@H]1C)CN2. The number of aromatic nitrogens is 1. The Kier molecular flexibility index (Phi) is 8.49. The summed E-state index contributed by atoms with van der Waals surface area (Å²) < 4.78 is 6.14. The zero-order valence-electron chi connectivity index (χ0n) is 26.9. The van der Waals surface area contributed by atoms with Crippen molar-refractivity contribution >= 4 is 16.8 Å². The second-order valence-corrected chi connectivity index (χ2v) is 14.1. The second-order valence-electron chi connectivity index (χ2n) is 14.1. The van der Waals surface area contributed by atoms with E-state index in [1.54, 1.807) is 5.57 Å². The first kappa shape index (κ1) is 30.1. The molecule has 7 rings (SSSR count). The number of H-pyrrole nitrogens is 1. The van der Waals surface area contributed by atoms with Gasteiger partial charge in [-0.3, -0.25) is 4.79 Å². The monoisotopic (exact) mass is 608 g/mol. The zero-order valence-corrected chi connectivity index (χ0v) is 26.9. The third-order valence-electron chi connectivity index (χ3n) is 11.3. The number of fused-ring (bicyclic) bond motifs is 2. The fourth-order valence-corrected chi connectivity index (χ4v) is 8.57. The number of amides is 1. The van der Waals surface area contributed by atoms with Crippen LogP contribution in [0.15, 0.2) is 77.5 Å². The lowest BCUT2D eigenvalue weighted by atomic mass is 9.65. The fraction of sp³-hybridized carbons (Fsp3) is 0.500. The van der Waals surface area contributed by atoms with Crippen molar-refractivity contribution < 1.29 is 14.6 Å². The first-order valence-electron chi connectivity index (χ1n) is 17.0. The van der Waals surface area contributed by atoms with Gasteiger partial charge in [-0.1, -0.05) is 48.9 Å². The van der Waals surface area contributed by atoms with Gasteiger partial charge in [0.15, 0.2) is 0 Å². The molecule has 3 N–H and O–H groups in total. The van der Waals surface area contributed by atoms with E-state index in [1.807, 2.05) is 47.4 Å². The number of aliphatic hydroxyl groups excluding tert-OH is 1. The van der Waals surface area contributed by atoms with Crippen LogP contribution in [0.2, 0.25) is 0 Å². The summed E-state index contributed by atoms with van der Waals surface area (Å²) in [5, 5.41) is 15.2. The minimum atomic E-state index is 0.0426. The predicted molar refractivity (Wildman–Crippen MR) is 179 cm³/mol. The van der Waals surface area contributed by atoms with Gasteiger partial charge >= 0.3 is 0 Å². The lowest BCUT2D eigenvalue weighted by Gasteiger charge is -2.47. The number of piperidine rings is 2.